The smallest absolute Gasteiger partial charge is 0.264 e. The van der Waals surface area contributed by atoms with Gasteiger partial charge < -0.3 is 9.64 Å². The lowest BCUT2D eigenvalue weighted by Crippen LogP contribution is -2.35. The second-order valence-electron chi connectivity index (χ2n) is 4.44. The van der Waals surface area contributed by atoms with E-state index in [1.165, 1.54) is 4.90 Å². The van der Waals surface area contributed by atoms with E-state index in [2.05, 4.69) is 0 Å². The van der Waals surface area contributed by atoms with Gasteiger partial charge in [0.2, 0.25) is 0 Å². The Morgan fingerprint density at radius 2 is 2.12 bits per heavy atom. The summed E-state index contributed by atoms with van der Waals surface area (Å²) < 4.78 is 5.30. The predicted octanol–water partition coefficient (Wildman–Crippen LogP) is 1.88. The second-order valence-corrected chi connectivity index (χ2v) is 4.44. The fourth-order valence-electron chi connectivity index (χ4n) is 1.76. The highest BCUT2D eigenvalue weighted by molar-refractivity contribution is 6.02. The number of likely N-dealkylation sites (N-methyl/N-ethyl adjacent to an activating group) is 1. The Labute approximate surface area is 100 Å². The summed E-state index contributed by atoms with van der Waals surface area (Å²) in [6.45, 7) is 3.77. The molecular formula is C13H15NO3. The summed E-state index contributed by atoms with van der Waals surface area (Å²) in [4.78, 5) is 24.9. The van der Waals surface area contributed by atoms with Crippen molar-refractivity contribution in [3.05, 3.63) is 23.8 Å². The minimum absolute atomic E-state index is 0.0565. The molecule has 0 saturated heterocycles. The Morgan fingerprint density at radius 1 is 1.41 bits per heavy atom. The standard InChI is InChI=1S/C13H15NO3/c1-8(2)13(16)9-4-5-11-10(6-9)14(3)12(15)7-17-11/h4-6,8H,7H2,1-3H3. The Balaban J connectivity index is 2.42. The molecule has 4 nitrogen and oxygen atoms in total. The Bertz CT molecular complexity index is 480. The Kier molecular flexibility index (Phi) is 2.88. The number of Topliss-reactive ketones (excluding diaryl/α,β-unsaturated/α-hetero) is 1. The van der Waals surface area contributed by atoms with Crippen LogP contribution in [0.4, 0.5) is 5.69 Å². The summed E-state index contributed by atoms with van der Waals surface area (Å²) in [6.07, 6.45) is 0. The van der Waals surface area contributed by atoms with Crippen LogP contribution >= 0.6 is 0 Å². The lowest BCUT2D eigenvalue weighted by atomic mass is 10.00. The van der Waals surface area contributed by atoms with E-state index in [9.17, 15) is 9.59 Å². The van der Waals surface area contributed by atoms with E-state index in [4.69, 9.17) is 4.74 Å². The van der Waals surface area contributed by atoms with Crippen LogP contribution in [0.2, 0.25) is 0 Å². The van der Waals surface area contributed by atoms with Gasteiger partial charge in [-0.15, -0.1) is 0 Å². The molecule has 0 spiro atoms. The van der Waals surface area contributed by atoms with Crippen molar-refractivity contribution in [2.75, 3.05) is 18.6 Å². The predicted molar refractivity (Wildman–Crippen MR) is 64.5 cm³/mol. The Hall–Kier alpha value is -1.84. The summed E-state index contributed by atoms with van der Waals surface area (Å²) in [5, 5.41) is 0. The third kappa shape index (κ3) is 2.02. The summed E-state index contributed by atoms with van der Waals surface area (Å²) in [7, 11) is 1.69. The first kappa shape index (κ1) is 11.6. The van der Waals surface area contributed by atoms with Crippen LogP contribution < -0.4 is 9.64 Å². The van der Waals surface area contributed by atoms with Crippen LogP contribution in [-0.2, 0) is 4.79 Å². The fourth-order valence-corrected chi connectivity index (χ4v) is 1.76. The maximum absolute atomic E-state index is 11.9. The first-order chi connectivity index (χ1) is 8.00. The lowest BCUT2D eigenvalue weighted by molar-refractivity contribution is -0.120. The highest BCUT2D eigenvalue weighted by Gasteiger charge is 2.23. The van der Waals surface area contributed by atoms with Crippen LogP contribution in [0.3, 0.4) is 0 Å². The maximum atomic E-state index is 11.9. The van der Waals surface area contributed by atoms with Crippen molar-refractivity contribution in [1.82, 2.24) is 0 Å². The third-order valence-corrected chi connectivity index (χ3v) is 2.85. The molecule has 0 bridgehead atoms. The molecule has 1 amide bonds. The number of fused-ring (bicyclic) bond motifs is 1. The molecule has 1 aliphatic rings. The van der Waals surface area contributed by atoms with Gasteiger partial charge in [-0.2, -0.15) is 0 Å². The molecule has 0 aromatic heterocycles. The number of rotatable bonds is 2. The Morgan fingerprint density at radius 3 is 2.76 bits per heavy atom. The average Bonchev–Trinajstić information content (AvgIpc) is 2.32. The number of nitrogens with zero attached hydrogens (tertiary/aromatic N) is 1. The highest BCUT2D eigenvalue weighted by Crippen LogP contribution is 2.32. The molecule has 0 unspecified atom stereocenters. The van der Waals surface area contributed by atoms with Crippen molar-refractivity contribution < 1.29 is 14.3 Å². The molecule has 0 saturated carbocycles. The molecule has 1 heterocycles. The molecule has 1 aromatic carbocycles. The third-order valence-electron chi connectivity index (χ3n) is 2.85. The van der Waals surface area contributed by atoms with E-state index in [0.29, 0.717) is 17.0 Å². The number of carbonyl (C=O) groups is 2. The number of ether oxygens (including phenoxy) is 1. The molecule has 0 radical (unpaired) electrons. The van der Waals surface area contributed by atoms with Gasteiger partial charge in [-0.05, 0) is 18.2 Å². The van der Waals surface area contributed by atoms with Crippen molar-refractivity contribution in [2.24, 2.45) is 5.92 Å². The molecule has 0 fully saturated rings. The van der Waals surface area contributed by atoms with Gasteiger partial charge in [0.25, 0.3) is 5.91 Å². The van der Waals surface area contributed by atoms with Crippen LogP contribution in [0, 0.1) is 5.92 Å². The first-order valence-corrected chi connectivity index (χ1v) is 5.58. The molecule has 1 aromatic rings. The summed E-state index contributed by atoms with van der Waals surface area (Å²) in [5.74, 6) is 0.553. The minimum Gasteiger partial charge on any atom is -0.482 e. The van der Waals surface area contributed by atoms with Crippen LogP contribution in [0.15, 0.2) is 18.2 Å². The van der Waals surface area contributed by atoms with Crippen LogP contribution in [0.5, 0.6) is 5.75 Å². The number of carbonyl (C=O) groups excluding carboxylic acids is 2. The van der Waals surface area contributed by atoms with Crippen LogP contribution in [-0.4, -0.2) is 25.3 Å². The van der Waals surface area contributed by atoms with Crippen molar-refractivity contribution in [3.8, 4) is 5.75 Å². The molecule has 90 valence electrons. The summed E-state index contributed by atoms with van der Waals surface area (Å²) in [6, 6.07) is 5.20. The van der Waals surface area contributed by atoms with Gasteiger partial charge in [0.1, 0.15) is 5.75 Å². The van der Waals surface area contributed by atoms with Gasteiger partial charge in [-0.1, -0.05) is 13.8 Å². The quantitative estimate of drug-likeness (QED) is 0.733. The number of hydrogen-bond donors (Lipinski definition) is 0. The highest BCUT2D eigenvalue weighted by atomic mass is 16.5. The zero-order valence-electron chi connectivity index (χ0n) is 10.2. The minimum atomic E-state index is -0.105. The van der Waals surface area contributed by atoms with Gasteiger partial charge in [0.15, 0.2) is 12.4 Å². The SMILES string of the molecule is CC(C)C(=O)c1ccc2c(c1)N(C)C(=O)CO2. The second kappa shape index (κ2) is 4.20. The molecule has 4 heteroatoms. The molecule has 17 heavy (non-hydrogen) atoms. The van der Waals surface area contributed by atoms with Gasteiger partial charge in [0, 0.05) is 18.5 Å². The normalized spacial score (nSPS) is 14.6. The molecule has 0 atom stereocenters. The number of ketones is 1. The molecule has 1 aliphatic heterocycles. The van der Waals surface area contributed by atoms with Crippen molar-refractivity contribution in [1.29, 1.82) is 0 Å². The molecule has 0 N–H and O–H groups in total. The lowest BCUT2D eigenvalue weighted by Gasteiger charge is -2.26. The largest absolute Gasteiger partial charge is 0.482 e. The summed E-state index contributed by atoms with van der Waals surface area (Å²) in [5.41, 5.74) is 1.27. The van der Waals surface area contributed by atoms with Gasteiger partial charge >= 0.3 is 0 Å². The number of benzene rings is 1. The fraction of sp³-hybridized carbons (Fsp3) is 0.385. The van der Waals surface area contributed by atoms with Gasteiger partial charge in [-0.25, -0.2) is 0 Å². The molecule has 0 aliphatic carbocycles. The first-order valence-electron chi connectivity index (χ1n) is 5.58. The van der Waals surface area contributed by atoms with E-state index in [1.807, 2.05) is 13.8 Å². The van der Waals surface area contributed by atoms with Gasteiger partial charge in [0.05, 0.1) is 5.69 Å². The number of amides is 1. The van der Waals surface area contributed by atoms with Crippen molar-refractivity contribution in [2.45, 2.75) is 13.8 Å². The van der Waals surface area contributed by atoms with Crippen molar-refractivity contribution >= 4 is 17.4 Å². The average molecular weight is 233 g/mol. The van der Waals surface area contributed by atoms with E-state index < -0.39 is 0 Å². The zero-order chi connectivity index (χ0) is 12.6. The topological polar surface area (TPSA) is 46.6 Å². The van der Waals surface area contributed by atoms with E-state index in [0.717, 1.165) is 0 Å². The van der Waals surface area contributed by atoms with Gasteiger partial charge in [-0.3, -0.25) is 9.59 Å². The number of hydrogen-bond acceptors (Lipinski definition) is 3. The zero-order valence-corrected chi connectivity index (χ0v) is 10.2. The van der Waals surface area contributed by atoms with Crippen LogP contribution in [0.25, 0.3) is 0 Å². The van der Waals surface area contributed by atoms with Crippen LogP contribution in [0.1, 0.15) is 24.2 Å². The number of anilines is 1. The van der Waals surface area contributed by atoms with E-state index >= 15 is 0 Å². The molecular weight excluding hydrogens is 218 g/mol. The van der Waals surface area contributed by atoms with E-state index in [-0.39, 0.29) is 24.2 Å². The molecule has 2 rings (SSSR count). The van der Waals surface area contributed by atoms with Crippen molar-refractivity contribution in [3.63, 3.8) is 0 Å². The summed E-state index contributed by atoms with van der Waals surface area (Å²) >= 11 is 0. The maximum Gasteiger partial charge on any atom is 0.264 e. The van der Waals surface area contributed by atoms with E-state index in [1.54, 1.807) is 25.2 Å². The monoisotopic (exact) mass is 233 g/mol.